The molecule has 4 rings (SSSR count). The molecule has 1 aliphatic rings. The van der Waals surface area contributed by atoms with Crippen LogP contribution in [0.15, 0.2) is 30.6 Å². The van der Waals surface area contributed by atoms with Crippen LogP contribution in [0, 0.1) is 0 Å². The molecule has 1 aliphatic heterocycles. The van der Waals surface area contributed by atoms with Gasteiger partial charge in [0.1, 0.15) is 24.4 Å². The van der Waals surface area contributed by atoms with Gasteiger partial charge < -0.3 is 4.74 Å². The van der Waals surface area contributed by atoms with Crippen LogP contribution in [0.2, 0.25) is 5.15 Å². The van der Waals surface area contributed by atoms with Crippen LogP contribution >= 0.6 is 11.6 Å². The topological polar surface area (TPSA) is 52.8 Å². The van der Waals surface area contributed by atoms with E-state index >= 15 is 0 Å². The summed E-state index contributed by atoms with van der Waals surface area (Å²) in [5.41, 5.74) is 3.00. The first kappa shape index (κ1) is 14.7. The molecule has 0 spiro atoms. The van der Waals surface area contributed by atoms with Gasteiger partial charge in [-0.3, -0.25) is 4.98 Å². The number of hydrogen-bond donors (Lipinski definition) is 0. The van der Waals surface area contributed by atoms with Gasteiger partial charge in [-0.2, -0.15) is 5.10 Å². The summed E-state index contributed by atoms with van der Waals surface area (Å²) >= 11 is 5.98. The summed E-state index contributed by atoms with van der Waals surface area (Å²) in [5, 5.41) is 6.00. The van der Waals surface area contributed by atoms with Crippen LogP contribution in [0.4, 0.5) is 0 Å². The van der Waals surface area contributed by atoms with E-state index in [9.17, 15) is 0 Å². The molecule has 0 aliphatic carbocycles. The summed E-state index contributed by atoms with van der Waals surface area (Å²) in [6.45, 7) is 0.757. The third-order valence-electron chi connectivity index (χ3n) is 4.01. The van der Waals surface area contributed by atoms with Gasteiger partial charge in [-0.05, 0) is 25.3 Å². The van der Waals surface area contributed by atoms with Gasteiger partial charge in [0.25, 0.3) is 0 Å². The summed E-state index contributed by atoms with van der Waals surface area (Å²) in [4.78, 5) is 8.43. The van der Waals surface area contributed by atoms with Crippen molar-refractivity contribution in [2.45, 2.75) is 25.5 Å². The van der Waals surface area contributed by atoms with Crippen molar-refractivity contribution in [1.29, 1.82) is 0 Å². The Balaban J connectivity index is 1.91. The van der Waals surface area contributed by atoms with Crippen molar-refractivity contribution in [3.05, 3.63) is 35.7 Å². The number of benzene rings is 1. The normalized spacial score (nSPS) is 18.4. The SMILES string of the molecule is [B]c1ccc2c(c1)c(-c1cncc(Cl)n1)nn2[C@H]1CCCCO1. The summed E-state index contributed by atoms with van der Waals surface area (Å²) in [7, 11) is 5.96. The lowest BCUT2D eigenvalue weighted by atomic mass is 9.94. The van der Waals surface area contributed by atoms with Gasteiger partial charge in [0.2, 0.25) is 0 Å². The van der Waals surface area contributed by atoms with Crippen LogP contribution < -0.4 is 5.46 Å². The molecule has 2 radical (unpaired) electrons. The second-order valence-electron chi connectivity index (χ2n) is 5.62. The van der Waals surface area contributed by atoms with E-state index in [0.29, 0.717) is 16.3 Å². The highest BCUT2D eigenvalue weighted by molar-refractivity contribution is 6.33. The highest BCUT2D eigenvalue weighted by Crippen LogP contribution is 2.31. The predicted molar refractivity (Wildman–Crippen MR) is 90.0 cm³/mol. The highest BCUT2D eigenvalue weighted by Gasteiger charge is 2.22. The minimum atomic E-state index is -0.0595. The van der Waals surface area contributed by atoms with Crippen LogP contribution in [0.1, 0.15) is 25.5 Å². The molecule has 3 heterocycles. The van der Waals surface area contributed by atoms with Gasteiger partial charge in [0.15, 0.2) is 6.23 Å². The van der Waals surface area contributed by atoms with Gasteiger partial charge in [-0.1, -0.05) is 29.2 Å². The van der Waals surface area contributed by atoms with E-state index in [2.05, 4.69) is 9.97 Å². The van der Waals surface area contributed by atoms with E-state index in [1.165, 1.54) is 6.20 Å². The molecule has 7 heteroatoms. The molecule has 5 nitrogen and oxygen atoms in total. The first-order valence-electron chi connectivity index (χ1n) is 7.59. The third-order valence-corrected chi connectivity index (χ3v) is 4.19. The van der Waals surface area contributed by atoms with Crippen LogP contribution in [0.5, 0.6) is 0 Å². The Labute approximate surface area is 140 Å². The minimum absolute atomic E-state index is 0.0595. The molecule has 0 bridgehead atoms. The fourth-order valence-electron chi connectivity index (χ4n) is 2.94. The van der Waals surface area contributed by atoms with Gasteiger partial charge in [0.05, 0.1) is 17.9 Å². The standard InChI is InChI=1S/C16H14BClN4O/c17-10-4-5-13-11(7-10)16(12-8-19-9-14(18)20-12)21-22(13)15-3-1-2-6-23-15/h4-5,7-9,15H,1-3,6H2/t15-/m1/s1. The average Bonchev–Trinajstić information content (AvgIpc) is 2.94. The van der Waals surface area contributed by atoms with Gasteiger partial charge in [0, 0.05) is 12.0 Å². The maximum Gasteiger partial charge on any atom is 0.150 e. The minimum Gasteiger partial charge on any atom is -0.356 e. The molecular weight excluding hydrogens is 310 g/mol. The first-order valence-corrected chi connectivity index (χ1v) is 7.97. The van der Waals surface area contributed by atoms with Crippen molar-refractivity contribution in [2.75, 3.05) is 6.61 Å². The van der Waals surface area contributed by atoms with E-state index in [1.807, 2.05) is 22.9 Å². The Morgan fingerprint density at radius 3 is 2.96 bits per heavy atom. The van der Waals surface area contributed by atoms with E-state index in [4.69, 9.17) is 29.3 Å². The Kier molecular flexibility index (Phi) is 3.79. The van der Waals surface area contributed by atoms with Crippen molar-refractivity contribution < 1.29 is 4.74 Å². The quantitative estimate of drug-likeness (QED) is 0.680. The molecule has 3 aromatic rings. The van der Waals surface area contributed by atoms with E-state index in [0.717, 1.165) is 42.5 Å². The Morgan fingerprint density at radius 2 is 2.17 bits per heavy atom. The molecule has 1 saturated heterocycles. The zero-order valence-corrected chi connectivity index (χ0v) is 13.2. The number of hydrogen-bond acceptors (Lipinski definition) is 4. The lowest BCUT2D eigenvalue weighted by Crippen LogP contribution is -2.19. The smallest absolute Gasteiger partial charge is 0.150 e. The van der Waals surface area contributed by atoms with E-state index in [1.54, 1.807) is 6.20 Å². The summed E-state index contributed by atoms with van der Waals surface area (Å²) in [6, 6.07) is 5.74. The lowest BCUT2D eigenvalue weighted by molar-refractivity contribution is -0.0365. The number of ether oxygens (including phenoxy) is 1. The lowest BCUT2D eigenvalue weighted by Gasteiger charge is -2.23. The number of aromatic nitrogens is 4. The van der Waals surface area contributed by atoms with Crippen molar-refractivity contribution in [1.82, 2.24) is 19.7 Å². The molecule has 114 valence electrons. The molecular formula is C16H14BClN4O. The van der Waals surface area contributed by atoms with Crippen molar-refractivity contribution in [2.24, 2.45) is 0 Å². The van der Waals surface area contributed by atoms with Crippen molar-refractivity contribution in [3.63, 3.8) is 0 Å². The molecule has 1 atom stereocenters. The van der Waals surface area contributed by atoms with Crippen molar-refractivity contribution >= 4 is 35.8 Å². The zero-order valence-electron chi connectivity index (χ0n) is 12.4. The highest BCUT2D eigenvalue weighted by atomic mass is 35.5. The summed E-state index contributed by atoms with van der Waals surface area (Å²) in [5.74, 6) is 0. The molecule has 23 heavy (non-hydrogen) atoms. The van der Waals surface area contributed by atoms with Crippen LogP contribution in [-0.2, 0) is 4.74 Å². The second-order valence-corrected chi connectivity index (χ2v) is 6.01. The third kappa shape index (κ3) is 2.73. The average molecular weight is 325 g/mol. The molecule has 1 fully saturated rings. The number of fused-ring (bicyclic) bond motifs is 1. The Bertz CT molecular complexity index is 860. The molecule has 1 aromatic carbocycles. The molecule has 2 aromatic heterocycles. The van der Waals surface area contributed by atoms with E-state index < -0.39 is 0 Å². The Morgan fingerprint density at radius 1 is 1.26 bits per heavy atom. The Hall–Kier alpha value is -1.92. The maximum atomic E-state index is 5.98. The van der Waals surface area contributed by atoms with Crippen LogP contribution in [0.3, 0.4) is 0 Å². The molecule has 0 unspecified atom stereocenters. The first-order chi connectivity index (χ1) is 11.2. The maximum absolute atomic E-state index is 5.98. The zero-order chi connectivity index (χ0) is 15.8. The fourth-order valence-corrected chi connectivity index (χ4v) is 3.09. The van der Waals surface area contributed by atoms with Gasteiger partial charge >= 0.3 is 0 Å². The number of nitrogens with zero attached hydrogens (tertiary/aromatic N) is 4. The monoisotopic (exact) mass is 324 g/mol. The van der Waals surface area contributed by atoms with E-state index in [-0.39, 0.29) is 6.23 Å². The van der Waals surface area contributed by atoms with Crippen LogP contribution in [0.25, 0.3) is 22.3 Å². The number of halogens is 1. The van der Waals surface area contributed by atoms with Gasteiger partial charge in [-0.25, -0.2) is 9.67 Å². The molecule has 0 N–H and O–H groups in total. The second kappa shape index (κ2) is 5.94. The summed E-state index contributed by atoms with van der Waals surface area (Å²) in [6.07, 6.45) is 6.27. The van der Waals surface area contributed by atoms with Crippen molar-refractivity contribution in [3.8, 4) is 11.4 Å². The van der Waals surface area contributed by atoms with Crippen LogP contribution in [-0.4, -0.2) is 34.2 Å². The fraction of sp³-hybridized carbons (Fsp3) is 0.312. The van der Waals surface area contributed by atoms with Gasteiger partial charge in [-0.15, -0.1) is 0 Å². The number of rotatable bonds is 2. The molecule has 0 amide bonds. The predicted octanol–water partition coefficient (Wildman–Crippen LogP) is 2.64. The largest absolute Gasteiger partial charge is 0.356 e. The summed E-state index contributed by atoms with van der Waals surface area (Å²) < 4.78 is 7.80. The molecule has 0 saturated carbocycles.